The number of halogens is 1. The molecule has 7 heteroatoms. The highest BCUT2D eigenvalue weighted by Crippen LogP contribution is 2.42. The fourth-order valence-electron chi connectivity index (χ4n) is 4.25. The molecule has 34 heavy (non-hydrogen) atoms. The Morgan fingerprint density at radius 2 is 1.50 bits per heavy atom. The maximum atomic E-state index is 13.2. The predicted octanol–water partition coefficient (Wildman–Crippen LogP) is 5.52. The number of aliphatic hydroxyl groups is 1. The number of phenolic OH excluding ortho intramolecular Hbond substituents is 1. The smallest absolute Gasteiger partial charge is 0.300 e. The van der Waals surface area contributed by atoms with Gasteiger partial charge < -0.3 is 15.1 Å². The molecule has 0 bridgehead atoms. The number of rotatable bonds is 6. The van der Waals surface area contributed by atoms with E-state index in [1.165, 1.54) is 17.0 Å². The Bertz CT molecular complexity index is 1230. The standard InChI is InChI=1S/C27H25ClN2O4/c1-3-29(4-2)20-11-13-21(14-12-20)30-24(17-7-15-22(31)16-8-17)23(26(33)27(30)34)25(32)18-5-9-19(28)10-6-18/h5-16,24,31-32H,3-4H2,1-2H3/b25-23+. The number of Topliss-reactive ketones (excluding diaryl/α,β-unsaturated/α-hetero) is 1. The van der Waals surface area contributed by atoms with Crippen LogP contribution < -0.4 is 9.80 Å². The summed E-state index contributed by atoms with van der Waals surface area (Å²) < 4.78 is 0. The number of benzene rings is 3. The molecule has 0 aliphatic carbocycles. The molecule has 1 saturated heterocycles. The third kappa shape index (κ3) is 4.24. The number of aliphatic hydroxyl groups excluding tert-OH is 1. The van der Waals surface area contributed by atoms with Crippen LogP contribution in [0.15, 0.2) is 78.4 Å². The van der Waals surface area contributed by atoms with E-state index >= 15 is 0 Å². The second kappa shape index (κ2) is 9.61. The third-order valence-electron chi connectivity index (χ3n) is 6.03. The van der Waals surface area contributed by atoms with E-state index in [-0.39, 0.29) is 17.1 Å². The van der Waals surface area contributed by atoms with E-state index < -0.39 is 17.7 Å². The molecule has 2 N–H and O–H groups in total. The number of amides is 1. The van der Waals surface area contributed by atoms with E-state index in [0.717, 1.165) is 18.8 Å². The van der Waals surface area contributed by atoms with Gasteiger partial charge in [-0.05, 0) is 80.1 Å². The van der Waals surface area contributed by atoms with Crippen molar-refractivity contribution in [2.45, 2.75) is 19.9 Å². The van der Waals surface area contributed by atoms with Gasteiger partial charge in [-0.3, -0.25) is 14.5 Å². The lowest BCUT2D eigenvalue weighted by Crippen LogP contribution is -2.29. The quantitative estimate of drug-likeness (QED) is 0.278. The Labute approximate surface area is 203 Å². The van der Waals surface area contributed by atoms with Crippen LogP contribution in [0.3, 0.4) is 0 Å². The Kier molecular flexibility index (Phi) is 6.61. The lowest BCUT2D eigenvalue weighted by atomic mass is 9.95. The molecule has 1 atom stereocenters. The molecule has 0 radical (unpaired) electrons. The largest absolute Gasteiger partial charge is 0.508 e. The first-order chi connectivity index (χ1) is 16.3. The van der Waals surface area contributed by atoms with E-state index in [0.29, 0.717) is 21.8 Å². The zero-order valence-corrected chi connectivity index (χ0v) is 19.7. The zero-order chi connectivity index (χ0) is 24.4. The number of carbonyl (C=O) groups excluding carboxylic acids is 2. The van der Waals surface area contributed by atoms with E-state index in [1.807, 2.05) is 12.1 Å². The number of ketones is 1. The number of phenols is 1. The molecule has 1 unspecified atom stereocenters. The van der Waals surface area contributed by atoms with Crippen LogP contribution in [-0.4, -0.2) is 35.0 Å². The van der Waals surface area contributed by atoms with Crippen molar-refractivity contribution in [2.24, 2.45) is 0 Å². The van der Waals surface area contributed by atoms with Crippen LogP contribution in [0.2, 0.25) is 5.02 Å². The molecule has 0 saturated carbocycles. The average Bonchev–Trinajstić information content (AvgIpc) is 3.11. The Balaban J connectivity index is 1.86. The molecule has 1 aliphatic rings. The zero-order valence-electron chi connectivity index (χ0n) is 18.9. The maximum Gasteiger partial charge on any atom is 0.300 e. The first-order valence-corrected chi connectivity index (χ1v) is 11.4. The fourth-order valence-corrected chi connectivity index (χ4v) is 4.37. The molecule has 1 fully saturated rings. The van der Waals surface area contributed by atoms with Crippen molar-refractivity contribution in [3.63, 3.8) is 0 Å². The molecule has 6 nitrogen and oxygen atoms in total. The minimum Gasteiger partial charge on any atom is -0.508 e. The van der Waals surface area contributed by atoms with E-state index in [1.54, 1.807) is 48.5 Å². The molecule has 4 rings (SSSR count). The van der Waals surface area contributed by atoms with Gasteiger partial charge in [0.1, 0.15) is 11.5 Å². The van der Waals surface area contributed by atoms with Crippen molar-refractivity contribution in [1.29, 1.82) is 0 Å². The Morgan fingerprint density at radius 1 is 0.912 bits per heavy atom. The van der Waals surface area contributed by atoms with Gasteiger partial charge >= 0.3 is 0 Å². The highest BCUT2D eigenvalue weighted by molar-refractivity contribution is 6.51. The lowest BCUT2D eigenvalue weighted by Gasteiger charge is -2.27. The summed E-state index contributed by atoms with van der Waals surface area (Å²) in [5.74, 6) is -1.74. The molecule has 1 amide bonds. The number of hydrogen-bond donors (Lipinski definition) is 2. The molecular weight excluding hydrogens is 452 g/mol. The van der Waals surface area contributed by atoms with Crippen LogP contribution in [0.4, 0.5) is 11.4 Å². The monoisotopic (exact) mass is 476 g/mol. The summed E-state index contributed by atoms with van der Waals surface area (Å²) in [6.07, 6.45) is 0. The average molecular weight is 477 g/mol. The molecule has 1 aliphatic heterocycles. The summed E-state index contributed by atoms with van der Waals surface area (Å²) in [6.45, 7) is 5.82. The Hall–Kier alpha value is -3.77. The normalized spacial score (nSPS) is 17.3. The van der Waals surface area contributed by atoms with Crippen molar-refractivity contribution >= 4 is 40.4 Å². The lowest BCUT2D eigenvalue weighted by molar-refractivity contribution is -0.132. The van der Waals surface area contributed by atoms with Gasteiger partial charge in [-0.25, -0.2) is 0 Å². The van der Waals surface area contributed by atoms with E-state index in [9.17, 15) is 19.8 Å². The van der Waals surface area contributed by atoms with Crippen LogP contribution in [-0.2, 0) is 9.59 Å². The van der Waals surface area contributed by atoms with Crippen molar-refractivity contribution < 1.29 is 19.8 Å². The Morgan fingerprint density at radius 3 is 2.06 bits per heavy atom. The van der Waals surface area contributed by atoms with Gasteiger partial charge in [0.25, 0.3) is 11.7 Å². The van der Waals surface area contributed by atoms with Crippen LogP contribution in [0.1, 0.15) is 31.0 Å². The summed E-state index contributed by atoms with van der Waals surface area (Å²) in [7, 11) is 0. The molecule has 0 spiro atoms. The van der Waals surface area contributed by atoms with Crippen LogP contribution in [0, 0.1) is 0 Å². The van der Waals surface area contributed by atoms with Gasteiger partial charge in [0, 0.05) is 35.1 Å². The van der Waals surface area contributed by atoms with Crippen molar-refractivity contribution in [3.8, 4) is 5.75 Å². The van der Waals surface area contributed by atoms with E-state index in [4.69, 9.17) is 11.6 Å². The van der Waals surface area contributed by atoms with Crippen molar-refractivity contribution in [2.75, 3.05) is 22.9 Å². The van der Waals surface area contributed by atoms with Crippen LogP contribution in [0.25, 0.3) is 5.76 Å². The number of carbonyl (C=O) groups is 2. The van der Waals surface area contributed by atoms with Gasteiger partial charge in [-0.15, -0.1) is 0 Å². The highest BCUT2D eigenvalue weighted by Gasteiger charge is 2.47. The summed E-state index contributed by atoms with van der Waals surface area (Å²) in [5, 5.41) is 21.4. The third-order valence-corrected chi connectivity index (χ3v) is 6.28. The van der Waals surface area contributed by atoms with Crippen molar-refractivity contribution in [1.82, 2.24) is 0 Å². The molecule has 3 aromatic rings. The second-order valence-corrected chi connectivity index (χ2v) is 8.39. The van der Waals surface area contributed by atoms with Gasteiger partial charge in [-0.1, -0.05) is 23.7 Å². The molecule has 174 valence electrons. The van der Waals surface area contributed by atoms with Crippen LogP contribution in [0.5, 0.6) is 5.75 Å². The topological polar surface area (TPSA) is 81.1 Å². The molecule has 1 heterocycles. The van der Waals surface area contributed by atoms with Gasteiger partial charge in [0.2, 0.25) is 0 Å². The van der Waals surface area contributed by atoms with Crippen LogP contribution >= 0.6 is 11.6 Å². The summed E-state index contributed by atoms with van der Waals surface area (Å²) >= 11 is 5.97. The van der Waals surface area contributed by atoms with Gasteiger partial charge in [-0.2, -0.15) is 0 Å². The summed E-state index contributed by atoms with van der Waals surface area (Å²) in [4.78, 5) is 30.0. The number of hydrogen-bond acceptors (Lipinski definition) is 5. The fraction of sp³-hybridized carbons (Fsp3) is 0.185. The number of nitrogens with zero attached hydrogens (tertiary/aromatic N) is 2. The van der Waals surface area contributed by atoms with Gasteiger partial charge in [0.15, 0.2) is 0 Å². The van der Waals surface area contributed by atoms with E-state index in [2.05, 4.69) is 18.7 Å². The SMILES string of the molecule is CCN(CC)c1ccc(N2C(=O)C(=O)/C(=C(/O)c3ccc(Cl)cc3)C2c2ccc(O)cc2)cc1. The predicted molar refractivity (Wildman–Crippen MR) is 134 cm³/mol. The maximum absolute atomic E-state index is 13.2. The molecule has 0 aromatic heterocycles. The van der Waals surface area contributed by atoms with Gasteiger partial charge in [0.05, 0.1) is 11.6 Å². The minimum absolute atomic E-state index is 0.0224. The summed E-state index contributed by atoms with van der Waals surface area (Å²) in [5.41, 5.74) is 2.48. The first-order valence-electron chi connectivity index (χ1n) is 11.1. The minimum atomic E-state index is -0.865. The molecular formula is C27H25ClN2O4. The summed E-state index contributed by atoms with van der Waals surface area (Å²) in [6, 6.07) is 19.2. The first kappa shape index (κ1) is 23.4. The number of anilines is 2. The molecule has 3 aromatic carbocycles. The highest BCUT2D eigenvalue weighted by atomic mass is 35.5. The number of aromatic hydroxyl groups is 1. The van der Waals surface area contributed by atoms with Crippen molar-refractivity contribution in [3.05, 3.63) is 94.5 Å². The second-order valence-electron chi connectivity index (χ2n) is 7.96.